The lowest BCUT2D eigenvalue weighted by molar-refractivity contribution is 0.0339. The smallest absolute Gasteiger partial charge is 0.0641 e. The summed E-state index contributed by atoms with van der Waals surface area (Å²) in [5, 5.41) is 0. The monoisotopic (exact) mass is 280 g/mol. The van der Waals surface area contributed by atoms with Crippen LogP contribution in [-0.2, 0) is 0 Å². The van der Waals surface area contributed by atoms with Crippen molar-refractivity contribution in [2.24, 2.45) is 0 Å². The first kappa shape index (κ1) is 15.0. The summed E-state index contributed by atoms with van der Waals surface area (Å²) < 4.78 is 0. The Labute approximate surface area is 123 Å². The van der Waals surface area contributed by atoms with Gasteiger partial charge in [-0.3, -0.25) is 4.90 Å². The van der Waals surface area contributed by atoms with Crippen molar-refractivity contribution < 1.29 is 0 Å². The molecule has 1 heterocycles. The van der Waals surface area contributed by atoms with Gasteiger partial charge < -0.3 is 4.90 Å². The summed E-state index contributed by atoms with van der Waals surface area (Å²) in [5.74, 6) is 0. The van der Waals surface area contributed by atoms with Crippen molar-refractivity contribution in [3.8, 4) is 0 Å². The summed E-state index contributed by atoms with van der Waals surface area (Å²) in [7, 11) is 0. The molecule has 1 unspecified atom stereocenters. The molecule has 1 aliphatic carbocycles. The Balaban J connectivity index is 2.07. The molecular formula is C16H28N2S. The van der Waals surface area contributed by atoms with Gasteiger partial charge in [-0.05, 0) is 32.1 Å². The van der Waals surface area contributed by atoms with Gasteiger partial charge in [0.2, 0.25) is 0 Å². The van der Waals surface area contributed by atoms with E-state index in [9.17, 15) is 0 Å². The van der Waals surface area contributed by atoms with Gasteiger partial charge >= 0.3 is 0 Å². The molecule has 3 heteroatoms. The van der Waals surface area contributed by atoms with Crippen molar-refractivity contribution in [1.29, 1.82) is 0 Å². The van der Waals surface area contributed by atoms with E-state index in [0.717, 1.165) is 13.1 Å². The topological polar surface area (TPSA) is 6.48 Å². The maximum absolute atomic E-state index is 5.06. The molecule has 0 radical (unpaired) electrons. The van der Waals surface area contributed by atoms with E-state index in [1.54, 1.807) is 5.57 Å². The number of thiocarbonyl (C=S) groups is 1. The van der Waals surface area contributed by atoms with Gasteiger partial charge in [-0.2, -0.15) is 0 Å². The number of allylic oxidation sites excluding steroid dienone is 1. The number of nitrogens with zero attached hydrogens (tertiary/aromatic N) is 2. The Morgan fingerprint density at radius 1 is 1.26 bits per heavy atom. The third kappa shape index (κ3) is 3.38. The Morgan fingerprint density at radius 2 is 2.00 bits per heavy atom. The molecule has 0 aromatic heterocycles. The van der Waals surface area contributed by atoms with Crippen molar-refractivity contribution >= 4 is 17.7 Å². The van der Waals surface area contributed by atoms with E-state index in [1.165, 1.54) is 51.6 Å². The zero-order valence-corrected chi connectivity index (χ0v) is 13.3. The first-order chi connectivity index (χ1) is 9.24. The second-order valence-corrected chi connectivity index (χ2v) is 6.24. The third-order valence-corrected chi connectivity index (χ3v) is 5.20. The molecule has 1 saturated heterocycles. The van der Waals surface area contributed by atoms with Crippen LogP contribution in [-0.4, -0.2) is 47.0 Å². The van der Waals surface area contributed by atoms with E-state index >= 15 is 0 Å². The maximum Gasteiger partial charge on any atom is 0.0641 e. The van der Waals surface area contributed by atoms with Crippen LogP contribution in [0.15, 0.2) is 11.6 Å². The average molecular weight is 280 g/mol. The summed E-state index contributed by atoms with van der Waals surface area (Å²) >= 11 is 5.06. The highest BCUT2D eigenvalue weighted by Gasteiger charge is 2.38. The van der Waals surface area contributed by atoms with Gasteiger partial charge in [0.25, 0.3) is 0 Å². The molecule has 1 aliphatic heterocycles. The summed E-state index contributed by atoms with van der Waals surface area (Å²) in [6.45, 7) is 9.23. The van der Waals surface area contributed by atoms with Crippen molar-refractivity contribution in [3.63, 3.8) is 0 Å². The van der Waals surface area contributed by atoms with Crippen LogP contribution in [0.25, 0.3) is 0 Å². The predicted octanol–water partition coefficient (Wildman–Crippen LogP) is 3.62. The SMILES string of the molecule is CCCC1(N2CCN(C=S)CC2)CCC=C(CC)C1. The Hall–Kier alpha value is -0.410. The van der Waals surface area contributed by atoms with E-state index in [1.807, 2.05) is 5.49 Å². The molecular weight excluding hydrogens is 252 g/mol. The molecule has 0 spiro atoms. The molecule has 1 atom stereocenters. The van der Waals surface area contributed by atoms with E-state index in [2.05, 4.69) is 29.7 Å². The molecule has 0 amide bonds. The molecule has 1 fully saturated rings. The van der Waals surface area contributed by atoms with Crippen molar-refractivity contribution in [2.45, 2.75) is 57.9 Å². The minimum atomic E-state index is 0.447. The summed E-state index contributed by atoms with van der Waals surface area (Å²) in [5.41, 5.74) is 3.96. The van der Waals surface area contributed by atoms with Crippen molar-refractivity contribution in [3.05, 3.63) is 11.6 Å². The number of hydrogen-bond donors (Lipinski definition) is 0. The molecule has 2 aliphatic rings. The standard InChI is InChI=1S/C16H28N2S/c1-3-7-16(8-5-6-15(4-2)13-16)18-11-9-17(14-19)10-12-18/h6,14H,3-5,7-13H2,1-2H3. The van der Waals surface area contributed by atoms with Crippen LogP contribution in [0.5, 0.6) is 0 Å². The second-order valence-electron chi connectivity index (χ2n) is 6.03. The summed E-state index contributed by atoms with van der Waals surface area (Å²) in [4.78, 5) is 5.05. The van der Waals surface area contributed by atoms with Crippen LogP contribution in [0.4, 0.5) is 0 Å². The van der Waals surface area contributed by atoms with Crippen LogP contribution >= 0.6 is 12.2 Å². The highest BCUT2D eigenvalue weighted by molar-refractivity contribution is 7.78. The Morgan fingerprint density at radius 3 is 2.58 bits per heavy atom. The van der Waals surface area contributed by atoms with Gasteiger partial charge in [-0.25, -0.2) is 0 Å². The molecule has 19 heavy (non-hydrogen) atoms. The van der Waals surface area contributed by atoms with E-state index in [0.29, 0.717) is 5.54 Å². The van der Waals surface area contributed by atoms with Gasteiger partial charge in [0, 0.05) is 31.7 Å². The molecule has 108 valence electrons. The Bertz CT molecular complexity index is 332. The van der Waals surface area contributed by atoms with E-state index in [4.69, 9.17) is 12.2 Å². The molecule has 0 aromatic carbocycles. The number of hydrogen-bond acceptors (Lipinski definition) is 2. The molecule has 0 saturated carbocycles. The quantitative estimate of drug-likeness (QED) is 0.561. The number of rotatable bonds is 5. The van der Waals surface area contributed by atoms with Gasteiger partial charge in [0.15, 0.2) is 0 Å². The fourth-order valence-electron chi connectivity index (χ4n) is 3.81. The maximum atomic E-state index is 5.06. The molecule has 0 aromatic rings. The highest BCUT2D eigenvalue weighted by Crippen LogP contribution is 2.38. The third-order valence-electron chi connectivity index (χ3n) is 4.90. The van der Waals surface area contributed by atoms with Crippen LogP contribution in [0.2, 0.25) is 0 Å². The summed E-state index contributed by atoms with van der Waals surface area (Å²) in [6, 6.07) is 0. The van der Waals surface area contributed by atoms with E-state index in [-0.39, 0.29) is 0 Å². The molecule has 2 nitrogen and oxygen atoms in total. The van der Waals surface area contributed by atoms with Gasteiger partial charge in [-0.1, -0.05) is 44.1 Å². The molecule has 0 N–H and O–H groups in total. The lowest BCUT2D eigenvalue weighted by Crippen LogP contribution is -2.57. The van der Waals surface area contributed by atoms with Gasteiger partial charge in [0.05, 0.1) is 5.49 Å². The Kier molecular flexibility index (Phi) is 5.40. The highest BCUT2D eigenvalue weighted by atomic mass is 32.1. The van der Waals surface area contributed by atoms with Crippen molar-refractivity contribution in [2.75, 3.05) is 26.2 Å². The van der Waals surface area contributed by atoms with Crippen LogP contribution in [0, 0.1) is 0 Å². The predicted molar refractivity (Wildman–Crippen MR) is 86.7 cm³/mol. The largest absolute Gasteiger partial charge is 0.366 e. The number of piperazine rings is 1. The minimum absolute atomic E-state index is 0.447. The fourth-order valence-corrected chi connectivity index (χ4v) is 4.02. The lowest BCUT2D eigenvalue weighted by atomic mass is 9.76. The van der Waals surface area contributed by atoms with Crippen LogP contribution in [0.1, 0.15) is 52.4 Å². The zero-order valence-electron chi connectivity index (χ0n) is 12.5. The first-order valence-corrected chi connectivity index (χ1v) is 8.33. The molecule has 2 rings (SSSR count). The lowest BCUT2D eigenvalue weighted by Gasteiger charge is -2.50. The fraction of sp³-hybridized carbons (Fsp3) is 0.812. The van der Waals surface area contributed by atoms with Crippen LogP contribution < -0.4 is 0 Å². The first-order valence-electron chi connectivity index (χ1n) is 7.86. The normalized spacial score (nSPS) is 29.2. The summed E-state index contributed by atoms with van der Waals surface area (Å²) in [6.07, 6.45) is 10.3. The minimum Gasteiger partial charge on any atom is -0.366 e. The van der Waals surface area contributed by atoms with Crippen LogP contribution in [0.3, 0.4) is 0 Å². The van der Waals surface area contributed by atoms with Gasteiger partial charge in [-0.15, -0.1) is 0 Å². The van der Waals surface area contributed by atoms with Crippen molar-refractivity contribution in [1.82, 2.24) is 9.80 Å². The van der Waals surface area contributed by atoms with E-state index < -0.39 is 0 Å². The van der Waals surface area contributed by atoms with Gasteiger partial charge in [0.1, 0.15) is 0 Å². The second kappa shape index (κ2) is 6.85. The zero-order chi connectivity index (χ0) is 13.7. The average Bonchev–Trinajstić information content (AvgIpc) is 2.48. The molecule has 0 bridgehead atoms.